The molecule has 31 heavy (non-hydrogen) atoms. The first-order valence-electron chi connectivity index (χ1n) is 11.0. The Labute approximate surface area is 188 Å². The van der Waals surface area contributed by atoms with Crippen molar-refractivity contribution in [1.29, 1.82) is 0 Å². The van der Waals surface area contributed by atoms with Crippen molar-refractivity contribution in [2.45, 2.75) is 69.3 Å². The lowest BCUT2D eigenvalue weighted by atomic mass is 9.87. The van der Waals surface area contributed by atoms with E-state index < -0.39 is 0 Å². The van der Waals surface area contributed by atoms with Crippen LogP contribution in [0.15, 0.2) is 35.8 Å². The number of benzene rings is 1. The van der Waals surface area contributed by atoms with Crippen LogP contribution < -0.4 is 5.32 Å². The summed E-state index contributed by atoms with van der Waals surface area (Å²) in [7, 11) is 1.75. The molecule has 0 saturated carbocycles. The Morgan fingerprint density at radius 2 is 2.23 bits per heavy atom. The summed E-state index contributed by atoms with van der Waals surface area (Å²) < 4.78 is 7.85. The fourth-order valence-electron chi connectivity index (χ4n) is 4.26. The van der Waals surface area contributed by atoms with Crippen molar-refractivity contribution in [3.63, 3.8) is 0 Å². The molecular weight excluding hydrogens is 408 g/mol. The molecule has 1 aromatic carbocycles. The lowest BCUT2D eigenvalue weighted by molar-refractivity contribution is -0.123. The number of carbonyl (C=O) groups excluding carboxylic acids is 1. The number of aromatic nitrogens is 2. The molecule has 4 rings (SSSR count). The van der Waals surface area contributed by atoms with E-state index >= 15 is 0 Å². The van der Waals surface area contributed by atoms with E-state index in [0.717, 1.165) is 41.3 Å². The third kappa shape index (κ3) is 4.44. The van der Waals surface area contributed by atoms with E-state index in [0.29, 0.717) is 13.0 Å². The number of hydrogen-bond acceptors (Lipinski definition) is 5. The van der Waals surface area contributed by atoms with Gasteiger partial charge in [0, 0.05) is 13.5 Å². The minimum atomic E-state index is -0.0968. The van der Waals surface area contributed by atoms with E-state index in [-0.39, 0.29) is 28.7 Å². The van der Waals surface area contributed by atoms with E-state index in [2.05, 4.69) is 55.4 Å². The third-order valence-electron chi connectivity index (χ3n) is 6.06. The number of nitrogens with one attached hydrogen (secondary N) is 1. The lowest BCUT2D eigenvalue weighted by Gasteiger charge is -2.24. The molecular formula is C24H32N4O2S. The first-order valence-corrected chi connectivity index (χ1v) is 11.9. The van der Waals surface area contributed by atoms with Gasteiger partial charge in [-0.05, 0) is 42.4 Å². The summed E-state index contributed by atoms with van der Waals surface area (Å²) in [6.07, 6.45) is 5.11. The number of hydrogen-bond donors (Lipinski definition) is 1. The lowest BCUT2D eigenvalue weighted by Crippen LogP contribution is -2.34. The molecule has 0 spiro atoms. The topological polar surface area (TPSA) is 68.5 Å². The average molecular weight is 441 g/mol. The number of aliphatic imine (C=N–C) groups is 1. The predicted octanol–water partition coefficient (Wildman–Crippen LogP) is 4.59. The summed E-state index contributed by atoms with van der Waals surface area (Å²) in [5.41, 5.74) is 3.27. The van der Waals surface area contributed by atoms with Crippen LogP contribution in [-0.4, -0.2) is 45.6 Å². The molecule has 0 bridgehead atoms. The highest BCUT2D eigenvalue weighted by atomic mass is 32.2. The highest BCUT2D eigenvalue weighted by Crippen LogP contribution is 2.35. The van der Waals surface area contributed by atoms with Crippen molar-refractivity contribution < 1.29 is 9.53 Å². The molecule has 3 atom stereocenters. The van der Waals surface area contributed by atoms with Gasteiger partial charge >= 0.3 is 0 Å². The van der Waals surface area contributed by atoms with E-state index in [1.807, 2.05) is 6.08 Å². The standard InChI is InChI=1S/C24H32N4O2S/c1-6-8-19(30-5)20-14-25-23(31-20)28-18-12-11-15(24(2,3)4)13-17(18)27-22(28)16-9-7-10-21(29)26-16/h6,11-13,16,19-20H,1,7-10,14H2,2-5H3,(H,26,29)/t16?,19-,20?/m1/s1. The maximum absolute atomic E-state index is 12.1. The molecule has 1 saturated heterocycles. The first kappa shape index (κ1) is 22.1. The predicted molar refractivity (Wildman–Crippen MR) is 128 cm³/mol. The van der Waals surface area contributed by atoms with Gasteiger partial charge in [0.15, 0.2) is 5.17 Å². The van der Waals surface area contributed by atoms with Gasteiger partial charge in [0.1, 0.15) is 5.82 Å². The summed E-state index contributed by atoms with van der Waals surface area (Å²) in [5.74, 6) is 0.966. The Balaban J connectivity index is 1.76. The van der Waals surface area contributed by atoms with Crippen LogP contribution in [0.2, 0.25) is 0 Å². The second-order valence-electron chi connectivity index (χ2n) is 9.35. The van der Waals surface area contributed by atoms with Crippen molar-refractivity contribution >= 4 is 33.9 Å². The maximum atomic E-state index is 12.1. The molecule has 166 valence electrons. The van der Waals surface area contributed by atoms with Crippen LogP contribution in [0.3, 0.4) is 0 Å². The van der Waals surface area contributed by atoms with Gasteiger partial charge in [0.05, 0.1) is 35.0 Å². The minimum absolute atomic E-state index is 0.0400. The maximum Gasteiger partial charge on any atom is 0.220 e. The third-order valence-corrected chi connectivity index (χ3v) is 7.34. The average Bonchev–Trinajstić information content (AvgIpc) is 3.35. The van der Waals surface area contributed by atoms with E-state index in [1.54, 1.807) is 18.9 Å². The Kier molecular flexibility index (Phi) is 6.26. The second-order valence-corrected chi connectivity index (χ2v) is 10.6. The molecule has 3 heterocycles. The fourth-order valence-corrected chi connectivity index (χ4v) is 5.50. The molecule has 0 radical (unpaired) electrons. The number of thioether (sulfide) groups is 1. The number of ether oxygens (including phenoxy) is 1. The highest BCUT2D eigenvalue weighted by molar-refractivity contribution is 8.14. The molecule has 6 nitrogen and oxygen atoms in total. The molecule has 0 aliphatic carbocycles. The fraction of sp³-hybridized carbons (Fsp3) is 0.542. The van der Waals surface area contributed by atoms with Gasteiger partial charge in [0.2, 0.25) is 5.91 Å². The normalized spacial score (nSPS) is 23.0. The molecule has 2 aromatic rings. The van der Waals surface area contributed by atoms with Crippen LogP contribution in [-0.2, 0) is 14.9 Å². The van der Waals surface area contributed by atoms with Gasteiger partial charge in [-0.3, -0.25) is 14.4 Å². The molecule has 2 unspecified atom stereocenters. The van der Waals surface area contributed by atoms with Crippen LogP contribution >= 0.6 is 11.8 Å². The number of nitrogens with zero attached hydrogens (tertiary/aromatic N) is 3. The van der Waals surface area contributed by atoms with Crippen LogP contribution in [0.4, 0.5) is 0 Å². The molecule has 2 aliphatic rings. The number of carbonyl (C=O) groups is 1. The number of imidazole rings is 1. The number of fused-ring (bicyclic) bond motifs is 1. The summed E-state index contributed by atoms with van der Waals surface area (Å²) in [5, 5.41) is 4.31. The van der Waals surface area contributed by atoms with Crippen LogP contribution in [0, 0.1) is 0 Å². The van der Waals surface area contributed by atoms with Crippen LogP contribution in [0.1, 0.15) is 63.9 Å². The Morgan fingerprint density at radius 1 is 1.42 bits per heavy atom. The summed E-state index contributed by atoms with van der Waals surface area (Å²) in [4.78, 5) is 22.0. The van der Waals surface area contributed by atoms with Gasteiger partial charge in [-0.1, -0.05) is 44.7 Å². The SMILES string of the molecule is C=CC[C@@H](OC)C1CN=C(n2c(C3CCCC(=O)N3)nc3cc(C(C)(C)C)ccc32)S1. The zero-order valence-electron chi connectivity index (χ0n) is 18.9. The van der Waals surface area contributed by atoms with E-state index in [1.165, 1.54) is 5.56 Å². The highest BCUT2D eigenvalue weighted by Gasteiger charge is 2.33. The van der Waals surface area contributed by atoms with Crippen molar-refractivity contribution in [2.24, 2.45) is 4.99 Å². The van der Waals surface area contributed by atoms with Gasteiger partial charge in [-0.2, -0.15) is 0 Å². The van der Waals surface area contributed by atoms with Crippen molar-refractivity contribution in [1.82, 2.24) is 14.9 Å². The van der Waals surface area contributed by atoms with Crippen molar-refractivity contribution in [3.05, 3.63) is 42.2 Å². The molecule has 2 aliphatic heterocycles. The zero-order valence-corrected chi connectivity index (χ0v) is 19.7. The zero-order chi connectivity index (χ0) is 22.2. The van der Waals surface area contributed by atoms with Gasteiger partial charge in [-0.15, -0.1) is 6.58 Å². The number of rotatable bonds is 5. The number of piperidine rings is 1. The number of methoxy groups -OCH3 is 1. The molecule has 1 amide bonds. The molecule has 7 heteroatoms. The smallest absolute Gasteiger partial charge is 0.220 e. The first-order chi connectivity index (χ1) is 14.8. The van der Waals surface area contributed by atoms with Gasteiger partial charge < -0.3 is 10.1 Å². The number of amides is 1. The molecule has 1 N–H and O–H groups in total. The van der Waals surface area contributed by atoms with Crippen molar-refractivity contribution in [2.75, 3.05) is 13.7 Å². The van der Waals surface area contributed by atoms with E-state index in [4.69, 9.17) is 14.7 Å². The molecule has 1 fully saturated rings. The van der Waals surface area contributed by atoms with E-state index in [9.17, 15) is 4.79 Å². The quantitative estimate of drug-likeness (QED) is 0.691. The minimum Gasteiger partial charge on any atom is -0.380 e. The monoisotopic (exact) mass is 440 g/mol. The van der Waals surface area contributed by atoms with Crippen LogP contribution in [0.5, 0.6) is 0 Å². The van der Waals surface area contributed by atoms with Gasteiger partial charge in [0.25, 0.3) is 0 Å². The Bertz CT molecular complexity index is 1020. The Hall–Kier alpha value is -2.12. The summed E-state index contributed by atoms with van der Waals surface area (Å²) in [6, 6.07) is 6.40. The molecule has 1 aromatic heterocycles. The van der Waals surface area contributed by atoms with Crippen LogP contribution in [0.25, 0.3) is 11.0 Å². The van der Waals surface area contributed by atoms with Crippen molar-refractivity contribution in [3.8, 4) is 0 Å². The second kappa shape index (κ2) is 8.79. The summed E-state index contributed by atoms with van der Waals surface area (Å²) >= 11 is 1.73. The van der Waals surface area contributed by atoms with Gasteiger partial charge in [-0.25, -0.2) is 4.98 Å². The summed E-state index contributed by atoms with van der Waals surface area (Å²) in [6.45, 7) is 11.2. The Morgan fingerprint density at radius 3 is 2.90 bits per heavy atom. The largest absolute Gasteiger partial charge is 0.380 e.